The molecule has 0 aromatic heterocycles. The highest BCUT2D eigenvalue weighted by Crippen LogP contribution is 2.38. The van der Waals surface area contributed by atoms with Crippen LogP contribution in [-0.2, 0) is 4.79 Å². The molecule has 1 atom stereocenters. The van der Waals surface area contributed by atoms with Crippen molar-refractivity contribution in [3.63, 3.8) is 0 Å². The Morgan fingerprint density at radius 2 is 1.85 bits per heavy atom. The van der Waals surface area contributed by atoms with Gasteiger partial charge in [-0.05, 0) is 36.8 Å². The zero-order chi connectivity index (χ0) is 19.1. The van der Waals surface area contributed by atoms with Crippen molar-refractivity contribution in [3.05, 3.63) is 77.7 Å². The third-order valence-electron chi connectivity index (χ3n) is 5.15. The van der Waals surface area contributed by atoms with E-state index in [1.54, 1.807) is 6.08 Å². The van der Waals surface area contributed by atoms with Gasteiger partial charge in [0.15, 0.2) is 5.78 Å². The minimum Gasteiger partial charge on any atom is -0.360 e. The Bertz CT molecular complexity index is 837. The molecule has 27 heavy (non-hydrogen) atoms. The van der Waals surface area contributed by atoms with E-state index in [0.717, 1.165) is 48.2 Å². The molecular formula is C24H26N2O. The van der Waals surface area contributed by atoms with Crippen LogP contribution in [0.25, 0.3) is 5.57 Å². The van der Waals surface area contributed by atoms with Crippen molar-refractivity contribution in [2.75, 3.05) is 0 Å². The first-order valence-corrected chi connectivity index (χ1v) is 9.79. The molecule has 0 radical (unpaired) electrons. The molecule has 0 bridgehead atoms. The zero-order valence-electron chi connectivity index (χ0n) is 15.7. The molecule has 1 aliphatic heterocycles. The molecule has 1 unspecified atom stereocenters. The highest BCUT2D eigenvalue weighted by molar-refractivity contribution is 6.03. The van der Waals surface area contributed by atoms with Gasteiger partial charge in [0.1, 0.15) is 6.07 Å². The lowest BCUT2D eigenvalue weighted by atomic mass is 9.95. The van der Waals surface area contributed by atoms with E-state index in [2.05, 4.69) is 18.0 Å². The van der Waals surface area contributed by atoms with E-state index in [1.807, 2.05) is 42.5 Å². The Labute approximate surface area is 161 Å². The van der Waals surface area contributed by atoms with Crippen LogP contribution in [0.3, 0.4) is 0 Å². The fourth-order valence-corrected chi connectivity index (χ4v) is 3.72. The second kappa shape index (κ2) is 9.19. The number of nitrogens with zero attached hydrogens (tertiary/aromatic N) is 1. The van der Waals surface area contributed by atoms with Gasteiger partial charge in [0.25, 0.3) is 0 Å². The van der Waals surface area contributed by atoms with Gasteiger partial charge in [0, 0.05) is 17.5 Å². The molecule has 0 spiro atoms. The van der Waals surface area contributed by atoms with E-state index in [9.17, 15) is 10.1 Å². The summed E-state index contributed by atoms with van der Waals surface area (Å²) in [6, 6.07) is 12.1. The average Bonchev–Trinajstić information content (AvgIpc) is 3.07. The maximum atomic E-state index is 12.6. The van der Waals surface area contributed by atoms with E-state index in [4.69, 9.17) is 0 Å². The first kappa shape index (κ1) is 18.9. The molecule has 2 aliphatic rings. The van der Waals surface area contributed by atoms with Crippen molar-refractivity contribution in [2.45, 2.75) is 44.9 Å². The third-order valence-corrected chi connectivity index (χ3v) is 5.15. The van der Waals surface area contributed by atoms with Crippen molar-refractivity contribution in [1.29, 1.82) is 5.26 Å². The van der Waals surface area contributed by atoms with Crippen LogP contribution < -0.4 is 5.32 Å². The first-order chi connectivity index (χ1) is 13.2. The minimum atomic E-state index is -0.350. The number of carbonyl (C=O) groups is 1. The number of ketones is 1. The molecule has 3 nitrogen and oxygen atoms in total. The highest BCUT2D eigenvalue weighted by Gasteiger charge is 2.34. The van der Waals surface area contributed by atoms with Gasteiger partial charge in [0.05, 0.1) is 11.5 Å². The number of benzene rings is 1. The summed E-state index contributed by atoms with van der Waals surface area (Å²) >= 11 is 0. The first-order valence-electron chi connectivity index (χ1n) is 9.79. The summed E-state index contributed by atoms with van der Waals surface area (Å²) < 4.78 is 0. The average molecular weight is 358 g/mol. The monoisotopic (exact) mass is 358 g/mol. The molecule has 1 N–H and O–H groups in total. The molecule has 0 fully saturated rings. The second-order valence-electron chi connectivity index (χ2n) is 7.12. The Morgan fingerprint density at radius 3 is 2.59 bits per heavy atom. The molecule has 138 valence electrons. The topological polar surface area (TPSA) is 52.9 Å². The highest BCUT2D eigenvalue weighted by atomic mass is 16.1. The Balaban J connectivity index is 1.64. The van der Waals surface area contributed by atoms with Gasteiger partial charge in [-0.2, -0.15) is 5.26 Å². The Kier molecular flexibility index (Phi) is 6.44. The lowest BCUT2D eigenvalue weighted by Crippen LogP contribution is -2.29. The van der Waals surface area contributed by atoms with Gasteiger partial charge in [-0.25, -0.2) is 0 Å². The van der Waals surface area contributed by atoms with Gasteiger partial charge >= 0.3 is 0 Å². The lowest BCUT2D eigenvalue weighted by molar-refractivity contribution is -0.116. The van der Waals surface area contributed by atoms with Crippen molar-refractivity contribution in [1.82, 2.24) is 5.32 Å². The van der Waals surface area contributed by atoms with Crippen LogP contribution in [-0.4, -0.2) is 5.78 Å². The van der Waals surface area contributed by atoms with E-state index in [0.29, 0.717) is 5.57 Å². The Hall–Kier alpha value is -2.86. The second-order valence-corrected chi connectivity index (χ2v) is 7.12. The van der Waals surface area contributed by atoms with E-state index in [-0.39, 0.29) is 11.7 Å². The van der Waals surface area contributed by atoms with Gasteiger partial charge < -0.3 is 5.32 Å². The third kappa shape index (κ3) is 4.46. The molecule has 1 aromatic carbocycles. The largest absolute Gasteiger partial charge is 0.360 e. The smallest absolute Gasteiger partial charge is 0.170 e. The molecule has 0 amide bonds. The molecule has 0 saturated heterocycles. The van der Waals surface area contributed by atoms with E-state index >= 15 is 0 Å². The summed E-state index contributed by atoms with van der Waals surface area (Å²) in [5.74, 6) is -0.277. The summed E-state index contributed by atoms with van der Waals surface area (Å²) in [5, 5.41) is 13.1. The summed E-state index contributed by atoms with van der Waals surface area (Å²) in [6.45, 7) is 3.75. The number of hydrogen-bond donors (Lipinski definition) is 1. The summed E-state index contributed by atoms with van der Waals surface area (Å²) in [7, 11) is 0. The van der Waals surface area contributed by atoms with Crippen LogP contribution in [0, 0.1) is 17.2 Å². The lowest BCUT2D eigenvalue weighted by Gasteiger charge is -2.22. The Morgan fingerprint density at radius 1 is 1.11 bits per heavy atom. The SMILES string of the molecule is C=CCCCCCCCC1=CC(=O)C2C=C(c3ccccc3)C(C#N)=C2N1. The normalized spacial score (nSPS) is 18.3. The summed E-state index contributed by atoms with van der Waals surface area (Å²) in [4.78, 5) is 12.6. The van der Waals surface area contributed by atoms with Crippen LogP contribution in [0.15, 0.2) is 72.1 Å². The fourth-order valence-electron chi connectivity index (χ4n) is 3.72. The molecule has 1 aromatic rings. The number of carbonyl (C=O) groups excluding carboxylic acids is 1. The zero-order valence-corrected chi connectivity index (χ0v) is 15.7. The van der Waals surface area contributed by atoms with Crippen LogP contribution in [0.4, 0.5) is 0 Å². The van der Waals surface area contributed by atoms with E-state index < -0.39 is 0 Å². The number of nitriles is 1. The maximum absolute atomic E-state index is 12.6. The van der Waals surface area contributed by atoms with Crippen LogP contribution in [0.1, 0.15) is 50.5 Å². The van der Waals surface area contributed by atoms with Crippen LogP contribution in [0.5, 0.6) is 0 Å². The predicted molar refractivity (Wildman–Crippen MR) is 109 cm³/mol. The van der Waals surface area contributed by atoms with Gasteiger partial charge in [0.2, 0.25) is 0 Å². The number of rotatable bonds is 9. The summed E-state index contributed by atoms with van der Waals surface area (Å²) in [5.41, 5.74) is 4.12. The standard InChI is InChI=1S/C24H26N2O/c1-2-3-4-5-6-7-11-14-19-15-23(27)21-16-20(18-12-9-8-10-13-18)22(17-25)24(21)26-19/h2,8-10,12-13,15-16,21,26H,1,3-7,11,14H2. The van der Waals surface area contributed by atoms with Crippen molar-refractivity contribution < 1.29 is 4.79 Å². The molecule has 3 rings (SSSR count). The predicted octanol–water partition coefficient (Wildman–Crippen LogP) is 5.45. The quantitative estimate of drug-likeness (QED) is 0.472. The molecule has 3 heteroatoms. The number of hydrogen-bond acceptors (Lipinski definition) is 3. The number of nitrogens with one attached hydrogen (secondary N) is 1. The van der Waals surface area contributed by atoms with Gasteiger partial charge in [-0.15, -0.1) is 6.58 Å². The van der Waals surface area contributed by atoms with Crippen molar-refractivity contribution >= 4 is 11.4 Å². The van der Waals surface area contributed by atoms with Gasteiger partial charge in [-0.1, -0.05) is 61.7 Å². The van der Waals surface area contributed by atoms with Crippen molar-refractivity contribution in [3.8, 4) is 6.07 Å². The van der Waals surface area contributed by atoms with Crippen LogP contribution >= 0.6 is 0 Å². The number of unbranched alkanes of at least 4 members (excludes halogenated alkanes) is 5. The molecule has 1 heterocycles. The molecular weight excluding hydrogens is 332 g/mol. The minimum absolute atomic E-state index is 0.0726. The number of allylic oxidation sites excluding steroid dienone is 6. The fraction of sp³-hybridized carbons (Fsp3) is 0.333. The van der Waals surface area contributed by atoms with Crippen LogP contribution in [0.2, 0.25) is 0 Å². The van der Waals surface area contributed by atoms with E-state index in [1.165, 1.54) is 19.3 Å². The van der Waals surface area contributed by atoms with Gasteiger partial charge in [-0.3, -0.25) is 4.79 Å². The number of fused-ring (bicyclic) bond motifs is 1. The summed E-state index contributed by atoms with van der Waals surface area (Å²) in [6.07, 6.45) is 13.4. The molecule has 1 aliphatic carbocycles. The maximum Gasteiger partial charge on any atom is 0.170 e. The molecule has 0 saturated carbocycles. The van der Waals surface area contributed by atoms with Crippen molar-refractivity contribution in [2.24, 2.45) is 5.92 Å².